The average Bonchev–Trinajstić information content (AvgIpc) is 3.30. The van der Waals surface area contributed by atoms with Gasteiger partial charge in [0.2, 0.25) is 11.8 Å². The lowest BCUT2D eigenvalue weighted by Crippen LogP contribution is -2.39. The molecular weight excluding hydrogens is 484 g/mol. The van der Waals surface area contributed by atoms with Gasteiger partial charge in [-0.25, -0.2) is 0 Å². The van der Waals surface area contributed by atoms with Crippen molar-refractivity contribution < 1.29 is 24.2 Å². The second-order valence-corrected chi connectivity index (χ2v) is 10.3. The van der Waals surface area contributed by atoms with E-state index in [2.05, 4.69) is 16.0 Å². The number of ether oxygens (including phenoxy) is 2. The van der Waals surface area contributed by atoms with E-state index in [-0.39, 0.29) is 23.6 Å². The quantitative estimate of drug-likeness (QED) is 0.480. The summed E-state index contributed by atoms with van der Waals surface area (Å²) in [5, 5.41) is 20.0. The van der Waals surface area contributed by atoms with Crippen LogP contribution in [0.5, 0.6) is 17.2 Å². The van der Waals surface area contributed by atoms with Gasteiger partial charge < -0.3 is 35.4 Å². The molecule has 3 heterocycles. The normalized spacial score (nSPS) is 25.0. The number of hydrogen-bond acceptors (Lipinski definition) is 7. The largest absolute Gasteiger partial charge is 0.508 e. The van der Waals surface area contributed by atoms with Crippen molar-refractivity contribution in [1.29, 1.82) is 0 Å². The Labute approximate surface area is 223 Å². The van der Waals surface area contributed by atoms with Crippen LogP contribution < -0.4 is 25.4 Å². The van der Waals surface area contributed by atoms with Crippen LogP contribution >= 0.6 is 0 Å². The highest BCUT2D eigenvalue weighted by molar-refractivity contribution is 5.87. The standard InChI is InChI=1S/C29H38N4O5/c1-37-24-17-20-16-22-26(27(38-28(22)24)19-6-8-21(34)9-7-19)29(36)33-14-3-2-10-30-11-4-12-31-23(20)18-25(35)32-13-5-15-33/h6-9,16-17,23,26-27,30-31,34H,2-5,10-15,18H2,1H3,(H,32,35). The van der Waals surface area contributed by atoms with Crippen molar-refractivity contribution in [3.05, 3.63) is 53.1 Å². The SMILES string of the molecule is COc1cc2cc3c1OC(c1ccc(O)cc1)C3C(=O)N1CCCCNCCCNC2CC(=O)NCCC1. The van der Waals surface area contributed by atoms with Gasteiger partial charge in [0.05, 0.1) is 7.11 Å². The summed E-state index contributed by atoms with van der Waals surface area (Å²) >= 11 is 0. The summed E-state index contributed by atoms with van der Waals surface area (Å²) in [5.41, 5.74) is 2.50. The Morgan fingerprint density at radius 2 is 1.74 bits per heavy atom. The van der Waals surface area contributed by atoms with E-state index in [1.54, 1.807) is 19.2 Å². The van der Waals surface area contributed by atoms with Gasteiger partial charge in [-0.1, -0.05) is 12.1 Å². The number of phenolic OH excluding ortho intramolecular Hbond substituents is 1. The Kier molecular flexibility index (Phi) is 8.34. The van der Waals surface area contributed by atoms with Crippen LogP contribution in [-0.2, 0) is 9.59 Å². The van der Waals surface area contributed by atoms with Crippen LogP contribution in [-0.4, -0.2) is 68.2 Å². The van der Waals surface area contributed by atoms with Crippen molar-refractivity contribution in [3.8, 4) is 17.2 Å². The van der Waals surface area contributed by atoms with Gasteiger partial charge in [0, 0.05) is 37.7 Å². The molecule has 0 aromatic heterocycles. The lowest BCUT2D eigenvalue weighted by molar-refractivity contribution is -0.134. The summed E-state index contributed by atoms with van der Waals surface area (Å²) in [5.74, 6) is 0.698. The number of carbonyl (C=O) groups excluding carboxylic acids is 2. The van der Waals surface area contributed by atoms with Crippen LogP contribution in [0.15, 0.2) is 36.4 Å². The number of fused-ring (bicyclic) bond motifs is 1. The number of amides is 2. The molecule has 204 valence electrons. The molecule has 3 unspecified atom stereocenters. The first-order valence-electron chi connectivity index (χ1n) is 13.7. The van der Waals surface area contributed by atoms with Gasteiger partial charge in [0.25, 0.3) is 0 Å². The van der Waals surface area contributed by atoms with Crippen molar-refractivity contribution in [2.75, 3.05) is 46.4 Å². The molecule has 2 aromatic carbocycles. The van der Waals surface area contributed by atoms with E-state index in [0.717, 1.165) is 55.6 Å². The molecule has 0 radical (unpaired) electrons. The Bertz CT molecular complexity index is 1140. The molecular formula is C29H38N4O5. The summed E-state index contributed by atoms with van der Waals surface area (Å²) in [6.07, 6.45) is 3.23. The number of phenols is 1. The first-order chi connectivity index (χ1) is 18.5. The molecule has 5 rings (SSSR count). The van der Waals surface area contributed by atoms with Crippen molar-refractivity contribution in [3.63, 3.8) is 0 Å². The summed E-state index contributed by atoms with van der Waals surface area (Å²) in [6, 6.07) is 10.6. The highest BCUT2D eigenvalue weighted by Crippen LogP contribution is 2.52. The topological polar surface area (TPSA) is 112 Å². The monoisotopic (exact) mass is 522 g/mol. The van der Waals surface area contributed by atoms with E-state index in [0.29, 0.717) is 44.0 Å². The summed E-state index contributed by atoms with van der Waals surface area (Å²) in [4.78, 5) is 29.2. The number of nitrogens with zero attached hydrogens (tertiary/aromatic N) is 1. The zero-order valence-corrected chi connectivity index (χ0v) is 22.0. The smallest absolute Gasteiger partial charge is 0.234 e. The van der Waals surface area contributed by atoms with Crippen LogP contribution in [0.1, 0.15) is 66.9 Å². The van der Waals surface area contributed by atoms with Crippen molar-refractivity contribution in [1.82, 2.24) is 20.9 Å². The van der Waals surface area contributed by atoms with Crippen molar-refractivity contribution >= 4 is 11.8 Å². The minimum Gasteiger partial charge on any atom is -0.508 e. The number of hydrogen-bond donors (Lipinski definition) is 4. The fraction of sp³-hybridized carbons (Fsp3) is 0.517. The first kappa shape index (κ1) is 26.3. The molecule has 0 fully saturated rings. The Morgan fingerprint density at radius 1 is 0.947 bits per heavy atom. The van der Waals surface area contributed by atoms with E-state index in [1.807, 2.05) is 29.2 Å². The van der Waals surface area contributed by atoms with Crippen LogP contribution in [0.4, 0.5) is 0 Å². The summed E-state index contributed by atoms with van der Waals surface area (Å²) in [6.45, 7) is 4.28. The average molecular weight is 523 g/mol. The maximum absolute atomic E-state index is 14.4. The number of rotatable bonds is 2. The van der Waals surface area contributed by atoms with Gasteiger partial charge in [-0.2, -0.15) is 0 Å². The maximum atomic E-state index is 14.4. The Hall–Kier alpha value is -3.30. The zero-order chi connectivity index (χ0) is 26.5. The zero-order valence-electron chi connectivity index (χ0n) is 22.0. The first-order valence-corrected chi connectivity index (χ1v) is 13.7. The van der Waals surface area contributed by atoms with Crippen molar-refractivity contribution in [2.45, 2.75) is 50.2 Å². The minimum absolute atomic E-state index is 0.0103. The third-order valence-electron chi connectivity index (χ3n) is 7.68. The minimum atomic E-state index is -0.570. The fourth-order valence-electron chi connectivity index (χ4n) is 5.66. The molecule has 0 aliphatic carbocycles. The highest BCUT2D eigenvalue weighted by Gasteiger charge is 2.44. The Morgan fingerprint density at radius 3 is 2.55 bits per heavy atom. The number of carbonyl (C=O) groups is 2. The lowest BCUT2D eigenvalue weighted by Gasteiger charge is -2.28. The van der Waals surface area contributed by atoms with E-state index >= 15 is 0 Å². The van der Waals surface area contributed by atoms with Gasteiger partial charge in [-0.3, -0.25) is 9.59 Å². The molecule has 3 aliphatic heterocycles. The molecule has 4 N–H and O–H groups in total. The predicted molar refractivity (Wildman–Crippen MR) is 143 cm³/mol. The van der Waals surface area contributed by atoms with Crippen LogP contribution in [0.2, 0.25) is 0 Å². The predicted octanol–water partition coefficient (Wildman–Crippen LogP) is 2.76. The number of methoxy groups -OCH3 is 1. The molecule has 0 saturated carbocycles. The molecule has 38 heavy (non-hydrogen) atoms. The number of benzene rings is 2. The number of nitrogens with one attached hydrogen (secondary N) is 3. The fourth-order valence-corrected chi connectivity index (χ4v) is 5.66. The lowest BCUT2D eigenvalue weighted by atomic mass is 9.87. The molecule has 0 saturated heterocycles. The molecule has 3 aliphatic rings. The van der Waals surface area contributed by atoms with E-state index in [9.17, 15) is 14.7 Å². The van der Waals surface area contributed by atoms with Crippen molar-refractivity contribution in [2.24, 2.45) is 0 Å². The van der Waals surface area contributed by atoms with E-state index in [1.165, 1.54) is 0 Å². The van der Waals surface area contributed by atoms with Crippen LogP contribution in [0, 0.1) is 0 Å². The van der Waals surface area contributed by atoms with Gasteiger partial charge >= 0.3 is 0 Å². The second-order valence-electron chi connectivity index (χ2n) is 10.3. The molecule has 9 nitrogen and oxygen atoms in total. The summed E-state index contributed by atoms with van der Waals surface area (Å²) < 4.78 is 12.3. The molecule has 4 bridgehead atoms. The number of aromatic hydroxyl groups is 1. The van der Waals surface area contributed by atoms with E-state index < -0.39 is 12.0 Å². The third-order valence-corrected chi connectivity index (χ3v) is 7.68. The van der Waals surface area contributed by atoms with Crippen LogP contribution in [0.3, 0.4) is 0 Å². The highest BCUT2D eigenvalue weighted by atomic mass is 16.5. The van der Waals surface area contributed by atoms with Gasteiger partial charge in [-0.05, 0) is 80.7 Å². The van der Waals surface area contributed by atoms with E-state index in [4.69, 9.17) is 9.47 Å². The Balaban J connectivity index is 1.64. The maximum Gasteiger partial charge on any atom is 0.234 e. The van der Waals surface area contributed by atoms with Crippen LogP contribution in [0.25, 0.3) is 0 Å². The second kappa shape index (κ2) is 12.0. The van der Waals surface area contributed by atoms with Gasteiger partial charge in [-0.15, -0.1) is 0 Å². The molecule has 2 amide bonds. The van der Waals surface area contributed by atoms with Gasteiger partial charge in [0.1, 0.15) is 17.8 Å². The molecule has 9 heteroatoms. The molecule has 2 aromatic rings. The summed E-state index contributed by atoms with van der Waals surface area (Å²) in [7, 11) is 1.60. The molecule has 0 spiro atoms. The van der Waals surface area contributed by atoms with Gasteiger partial charge in [0.15, 0.2) is 11.5 Å². The molecule has 3 atom stereocenters. The third kappa shape index (κ3) is 5.73.